The number of aromatic hydroxyl groups is 3. The van der Waals surface area contributed by atoms with E-state index in [0.29, 0.717) is 61.3 Å². The molecule has 0 saturated heterocycles. The van der Waals surface area contributed by atoms with Crippen molar-refractivity contribution in [2.24, 2.45) is 0 Å². The zero-order valence-electron chi connectivity index (χ0n) is 30.6. The van der Waals surface area contributed by atoms with Crippen LogP contribution in [0.1, 0.15) is 22.8 Å². The van der Waals surface area contributed by atoms with E-state index in [1.807, 2.05) is 12.1 Å². The molecule has 7 aromatic rings. The minimum Gasteiger partial charge on any atom is -0.508 e. The number of hydrogen-bond acceptors (Lipinski definition) is 6. The van der Waals surface area contributed by atoms with Gasteiger partial charge in [0.05, 0.1) is 34.9 Å². The highest BCUT2D eigenvalue weighted by atomic mass is 19.2. The lowest BCUT2D eigenvalue weighted by Crippen LogP contribution is -2.10. The monoisotopic (exact) mass is 787 g/mol. The number of rotatable bonds is 6. The third kappa shape index (κ3) is 6.40. The minimum atomic E-state index is -1.69. The fraction of sp³-hybridized carbons (Fsp3) is 0.0213. The number of phenolic OH excluding ortho intramolecular Hbond substituents is 3. The van der Waals surface area contributed by atoms with Gasteiger partial charge in [0.2, 0.25) is 0 Å². The van der Waals surface area contributed by atoms with Gasteiger partial charge in [-0.15, -0.1) is 6.42 Å². The van der Waals surface area contributed by atoms with Gasteiger partial charge < -0.3 is 30.6 Å². The van der Waals surface area contributed by atoms with Crippen molar-refractivity contribution < 1.29 is 32.9 Å². The number of halogens is 4. The normalized spacial score (nSPS) is 11.8. The molecule has 0 unspecified atom stereocenters. The lowest BCUT2D eigenvalue weighted by Gasteiger charge is -2.13. The van der Waals surface area contributed by atoms with Crippen LogP contribution in [-0.4, -0.2) is 41.8 Å². The summed E-state index contributed by atoms with van der Waals surface area (Å²) in [7, 11) is 0. The van der Waals surface area contributed by atoms with E-state index in [9.17, 15) is 15.3 Å². The van der Waals surface area contributed by atoms with Gasteiger partial charge in [-0.25, -0.2) is 27.5 Å². The van der Waals surface area contributed by atoms with Crippen LogP contribution >= 0.6 is 0 Å². The molecule has 0 saturated carbocycles. The van der Waals surface area contributed by atoms with Crippen molar-refractivity contribution in [2.75, 3.05) is 11.9 Å². The summed E-state index contributed by atoms with van der Waals surface area (Å²) in [4.78, 5) is 16.6. The standard InChI is InChI=1S/C47H29F4N5O3/c1-2-20-52-47-45(50)43(48)42(44(49)46(47)51)41-36-18-16-34(55-36)39(25-7-4-10-28(58)22-25)32-14-12-30(53-32)38(24-6-3-9-27(57)21-24)31-13-15-33(54-31)40(35-17-19-37(41)56-35)26-8-5-11-29(59)23-26/h1,3-19,21-23,52-53,56-59H,20H2. The third-order valence-electron chi connectivity index (χ3n) is 10.0. The molecule has 2 aliphatic rings. The summed E-state index contributed by atoms with van der Waals surface area (Å²) in [6.45, 7) is -0.400. The molecule has 8 nitrogen and oxygen atoms in total. The Labute approximate surface area is 333 Å². The van der Waals surface area contributed by atoms with Crippen molar-refractivity contribution >= 4 is 52.1 Å². The quantitative estimate of drug-likeness (QED) is 0.0565. The molecule has 59 heavy (non-hydrogen) atoms. The largest absolute Gasteiger partial charge is 0.508 e. The molecule has 9 rings (SSSR count). The average Bonchev–Trinajstić information content (AvgIpc) is 4.06. The zero-order valence-corrected chi connectivity index (χ0v) is 30.6. The molecule has 2 aliphatic heterocycles. The van der Waals surface area contributed by atoms with Gasteiger partial charge in [0.15, 0.2) is 23.3 Å². The highest BCUT2D eigenvalue weighted by Crippen LogP contribution is 2.42. The summed E-state index contributed by atoms with van der Waals surface area (Å²) in [5.41, 5.74) is 3.53. The van der Waals surface area contributed by atoms with Crippen molar-refractivity contribution in [1.82, 2.24) is 19.9 Å². The van der Waals surface area contributed by atoms with Crippen LogP contribution in [0.2, 0.25) is 0 Å². The molecule has 8 bridgehead atoms. The summed E-state index contributed by atoms with van der Waals surface area (Å²) in [6.07, 6.45) is 11.9. The molecule has 5 heterocycles. The Bertz CT molecular complexity index is 3110. The molecule has 288 valence electrons. The summed E-state index contributed by atoms with van der Waals surface area (Å²) in [6, 6.07) is 26.3. The van der Waals surface area contributed by atoms with Gasteiger partial charge in [-0.3, -0.25) is 0 Å². The number of benzene rings is 4. The second kappa shape index (κ2) is 14.5. The Morgan fingerprint density at radius 2 is 0.847 bits per heavy atom. The SMILES string of the molecule is C#CCNc1c(F)c(F)c(-c2c3nc(c(-c4cccc(O)c4)c4ccc([nH]4)c(-c4cccc(O)c4)c4nc(c(-c5cccc(O)c5)c5ccc2[nH]5)C=C4)C=C3)c(F)c1F. The van der Waals surface area contributed by atoms with Crippen molar-refractivity contribution in [3.05, 3.63) is 143 Å². The molecule has 0 radical (unpaired) electrons. The number of nitrogens with one attached hydrogen (secondary N) is 3. The van der Waals surface area contributed by atoms with Gasteiger partial charge in [-0.05, 0) is 102 Å². The van der Waals surface area contributed by atoms with Gasteiger partial charge in [0, 0.05) is 44.3 Å². The fourth-order valence-corrected chi connectivity index (χ4v) is 7.51. The Balaban J connectivity index is 1.49. The van der Waals surface area contributed by atoms with E-state index in [1.165, 1.54) is 36.4 Å². The first kappa shape index (κ1) is 36.6. The first-order valence-electron chi connectivity index (χ1n) is 18.2. The average molecular weight is 788 g/mol. The maximum atomic E-state index is 16.4. The second-order valence-electron chi connectivity index (χ2n) is 13.7. The van der Waals surface area contributed by atoms with E-state index in [1.54, 1.807) is 72.8 Å². The van der Waals surface area contributed by atoms with E-state index in [4.69, 9.17) is 16.4 Å². The van der Waals surface area contributed by atoms with Crippen LogP contribution in [0.5, 0.6) is 17.2 Å². The van der Waals surface area contributed by atoms with Crippen molar-refractivity contribution in [3.63, 3.8) is 0 Å². The minimum absolute atomic E-state index is 0.0327. The predicted molar refractivity (Wildman–Crippen MR) is 223 cm³/mol. The van der Waals surface area contributed by atoms with Crippen LogP contribution in [-0.2, 0) is 0 Å². The lowest BCUT2D eigenvalue weighted by atomic mass is 10.0. The summed E-state index contributed by atoms with van der Waals surface area (Å²) in [5.74, 6) is -4.65. The Morgan fingerprint density at radius 3 is 1.20 bits per heavy atom. The number of phenols is 3. The van der Waals surface area contributed by atoms with Crippen LogP contribution in [0.4, 0.5) is 23.2 Å². The van der Waals surface area contributed by atoms with Crippen LogP contribution in [0.3, 0.4) is 0 Å². The smallest absolute Gasteiger partial charge is 0.185 e. The number of terminal acetylenes is 1. The molecule has 4 aromatic carbocycles. The molecule has 0 amide bonds. The Morgan fingerprint density at radius 1 is 0.492 bits per heavy atom. The molecule has 0 aliphatic carbocycles. The van der Waals surface area contributed by atoms with Gasteiger partial charge in [-0.2, -0.15) is 0 Å². The van der Waals surface area contributed by atoms with E-state index in [0.717, 1.165) is 0 Å². The van der Waals surface area contributed by atoms with E-state index < -0.39 is 41.1 Å². The maximum absolute atomic E-state index is 16.4. The van der Waals surface area contributed by atoms with Crippen LogP contribution < -0.4 is 5.32 Å². The number of hydrogen-bond donors (Lipinski definition) is 6. The molecule has 3 aromatic heterocycles. The van der Waals surface area contributed by atoms with Gasteiger partial charge in [0.25, 0.3) is 0 Å². The van der Waals surface area contributed by atoms with E-state index in [-0.39, 0.29) is 39.7 Å². The van der Waals surface area contributed by atoms with Crippen LogP contribution in [0, 0.1) is 35.6 Å². The van der Waals surface area contributed by atoms with Crippen molar-refractivity contribution in [2.45, 2.75) is 0 Å². The molecule has 0 spiro atoms. The highest BCUT2D eigenvalue weighted by Gasteiger charge is 2.29. The molecular formula is C47H29F4N5O3. The number of nitrogens with zero attached hydrogens (tertiary/aromatic N) is 2. The third-order valence-corrected chi connectivity index (χ3v) is 10.0. The zero-order chi connectivity index (χ0) is 40.9. The number of H-pyrrole nitrogens is 2. The lowest BCUT2D eigenvalue weighted by molar-refractivity contribution is 0.463. The topological polar surface area (TPSA) is 130 Å². The van der Waals surface area contributed by atoms with Crippen LogP contribution in [0.25, 0.3) is 90.9 Å². The molecule has 0 atom stereocenters. The van der Waals surface area contributed by atoms with E-state index >= 15 is 17.6 Å². The van der Waals surface area contributed by atoms with Gasteiger partial charge in [0.1, 0.15) is 22.9 Å². The summed E-state index contributed by atoms with van der Waals surface area (Å²) < 4.78 is 64.2. The van der Waals surface area contributed by atoms with Crippen molar-refractivity contribution in [3.8, 4) is 74.1 Å². The Hall–Kier alpha value is -8.04. The summed E-state index contributed by atoms with van der Waals surface area (Å²) >= 11 is 0. The van der Waals surface area contributed by atoms with Crippen LogP contribution in [0.15, 0.2) is 97.1 Å². The second-order valence-corrected chi connectivity index (χ2v) is 13.7. The summed E-state index contributed by atoms with van der Waals surface area (Å²) in [5, 5.41) is 34.0. The number of aromatic amines is 2. The number of aromatic nitrogens is 4. The van der Waals surface area contributed by atoms with Crippen molar-refractivity contribution in [1.29, 1.82) is 0 Å². The van der Waals surface area contributed by atoms with Gasteiger partial charge >= 0.3 is 0 Å². The molecule has 6 N–H and O–H groups in total. The molecule has 12 heteroatoms. The molecule has 0 fully saturated rings. The Kier molecular flexibility index (Phi) is 8.98. The van der Waals surface area contributed by atoms with Gasteiger partial charge in [-0.1, -0.05) is 42.3 Å². The highest BCUT2D eigenvalue weighted by molar-refractivity contribution is 6.00. The maximum Gasteiger partial charge on any atom is 0.185 e. The predicted octanol–water partition coefficient (Wildman–Crippen LogP) is 11.0. The molecular weight excluding hydrogens is 759 g/mol. The fourth-order valence-electron chi connectivity index (χ4n) is 7.51. The first-order chi connectivity index (χ1) is 28.6. The number of fused-ring (bicyclic) bond motifs is 8. The first-order valence-corrected chi connectivity index (χ1v) is 18.2. The van der Waals surface area contributed by atoms with E-state index in [2.05, 4.69) is 21.2 Å². The number of anilines is 1.